The average Bonchev–Trinajstić information content (AvgIpc) is 2.07. The quantitative estimate of drug-likeness (QED) is 0.699. The number of halogens is 4. The Labute approximate surface area is 90.1 Å². The van der Waals surface area contributed by atoms with Crippen LogP contribution in [-0.2, 0) is 4.74 Å². The Morgan fingerprint density at radius 1 is 1.29 bits per heavy atom. The lowest BCUT2D eigenvalue weighted by molar-refractivity contribution is -0.228. The van der Waals surface area contributed by atoms with Crippen molar-refractivity contribution in [3.63, 3.8) is 0 Å². The van der Waals surface area contributed by atoms with Crippen LogP contribution >= 0.6 is 15.9 Å². The highest BCUT2D eigenvalue weighted by Gasteiger charge is 2.39. The Morgan fingerprint density at radius 3 is 2.36 bits per heavy atom. The summed E-state index contributed by atoms with van der Waals surface area (Å²) in [7, 11) is 0. The van der Waals surface area contributed by atoms with E-state index in [4.69, 9.17) is 4.74 Å². The van der Waals surface area contributed by atoms with Gasteiger partial charge in [0.1, 0.15) is 0 Å². The SMILES string of the molecule is CC(OC1CCCCC1Br)C(F)(F)F. The van der Waals surface area contributed by atoms with Gasteiger partial charge in [0.15, 0.2) is 6.10 Å². The lowest BCUT2D eigenvalue weighted by Crippen LogP contribution is -2.37. The fourth-order valence-corrected chi connectivity index (χ4v) is 2.26. The Hall–Kier alpha value is 0.230. The van der Waals surface area contributed by atoms with E-state index in [1.54, 1.807) is 0 Å². The predicted molar refractivity (Wildman–Crippen MR) is 51.6 cm³/mol. The summed E-state index contributed by atoms with van der Waals surface area (Å²) in [5, 5.41) is 0. The highest BCUT2D eigenvalue weighted by Crippen LogP contribution is 2.31. The fourth-order valence-electron chi connectivity index (χ4n) is 1.54. The van der Waals surface area contributed by atoms with Gasteiger partial charge in [-0.3, -0.25) is 0 Å². The van der Waals surface area contributed by atoms with Crippen LogP contribution in [0.4, 0.5) is 13.2 Å². The molecule has 1 aliphatic rings. The smallest absolute Gasteiger partial charge is 0.365 e. The summed E-state index contributed by atoms with van der Waals surface area (Å²) in [6.07, 6.45) is -2.56. The second-order valence-corrected chi connectivity index (χ2v) is 4.83. The topological polar surface area (TPSA) is 9.23 Å². The molecule has 1 fully saturated rings. The van der Waals surface area contributed by atoms with Crippen LogP contribution in [0.2, 0.25) is 0 Å². The molecule has 84 valence electrons. The van der Waals surface area contributed by atoms with Gasteiger partial charge in [0.05, 0.1) is 6.10 Å². The molecule has 5 heteroatoms. The number of alkyl halides is 4. The van der Waals surface area contributed by atoms with Crippen molar-refractivity contribution in [1.82, 2.24) is 0 Å². The lowest BCUT2D eigenvalue weighted by atomic mass is 9.97. The van der Waals surface area contributed by atoms with Gasteiger partial charge in [0.2, 0.25) is 0 Å². The zero-order valence-corrected chi connectivity index (χ0v) is 9.57. The van der Waals surface area contributed by atoms with Crippen molar-refractivity contribution in [3.05, 3.63) is 0 Å². The maximum Gasteiger partial charge on any atom is 0.414 e. The van der Waals surface area contributed by atoms with E-state index in [1.165, 1.54) is 0 Å². The highest BCUT2D eigenvalue weighted by molar-refractivity contribution is 9.09. The van der Waals surface area contributed by atoms with Crippen LogP contribution in [0.15, 0.2) is 0 Å². The molecule has 0 aromatic carbocycles. The molecule has 0 radical (unpaired) electrons. The molecule has 0 amide bonds. The molecule has 1 saturated carbocycles. The molecule has 0 N–H and O–H groups in total. The first-order valence-corrected chi connectivity index (χ1v) is 5.69. The molecule has 0 heterocycles. The Morgan fingerprint density at radius 2 is 1.86 bits per heavy atom. The third kappa shape index (κ3) is 3.42. The van der Waals surface area contributed by atoms with Crippen LogP contribution in [0.1, 0.15) is 32.6 Å². The summed E-state index contributed by atoms with van der Waals surface area (Å²) in [4.78, 5) is 0.0704. The summed E-state index contributed by atoms with van der Waals surface area (Å²) in [5.74, 6) is 0. The minimum atomic E-state index is -4.25. The van der Waals surface area contributed by atoms with E-state index < -0.39 is 12.3 Å². The molecule has 0 aliphatic heterocycles. The standard InChI is InChI=1S/C9H14BrF3O/c1-6(9(11,12)13)14-8-5-3-2-4-7(8)10/h6-8H,2-5H2,1H3. The van der Waals surface area contributed by atoms with Gasteiger partial charge in [0, 0.05) is 4.83 Å². The van der Waals surface area contributed by atoms with Crippen molar-refractivity contribution in [3.8, 4) is 0 Å². The average molecular weight is 275 g/mol. The van der Waals surface area contributed by atoms with Gasteiger partial charge in [-0.2, -0.15) is 13.2 Å². The van der Waals surface area contributed by atoms with Crippen molar-refractivity contribution >= 4 is 15.9 Å². The molecule has 3 unspecified atom stereocenters. The summed E-state index contributed by atoms with van der Waals surface area (Å²) in [6, 6.07) is 0. The van der Waals surface area contributed by atoms with Crippen molar-refractivity contribution < 1.29 is 17.9 Å². The minimum Gasteiger partial charge on any atom is -0.365 e. The summed E-state index contributed by atoms with van der Waals surface area (Å²) in [5.41, 5.74) is 0. The zero-order chi connectivity index (χ0) is 10.8. The maximum atomic E-state index is 12.2. The Bertz CT molecular complexity index is 183. The molecule has 1 aliphatic carbocycles. The minimum absolute atomic E-state index is 0.0704. The molecule has 3 atom stereocenters. The molecule has 0 spiro atoms. The van der Waals surface area contributed by atoms with Crippen LogP contribution in [0.25, 0.3) is 0 Å². The number of hydrogen-bond donors (Lipinski definition) is 0. The van der Waals surface area contributed by atoms with Gasteiger partial charge in [-0.1, -0.05) is 28.8 Å². The number of hydrogen-bond acceptors (Lipinski definition) is 1. The van der Waals surface area contributed by atoms with E-state index in [0.29, 0.717) is 0 Å². The van der Waals surface area contributed by atoms with Crippen molar-refractivity contribution in [2.75, 3.05) is 0 Å². The van der Waals surface area contributed by atoms with E-state index in [9.17, 15) is 13.2 Å². The maximum absolute atomic E-state index is 12.2. The van der Waals surface area contributed by atoms with Gasteiger partial charge >= 0.3 is 6.18 Å². The van der Waals surface area contributed by atoms with Crippen LogP contribution in [0.3, 0.4) is 0 Å². The van der Waals surface area contributed by atoms with Crippen LogP contribution in [0.5, 0.6) is 0 Å². The fraction of sp³-hybridized carbons (Fsp3) is 1.00. The van der Waals surface area contributed by atoms with Crippen molar-refractivity contribution in [2.45, 2.75) is 55.8 Å². The van der Waals surface area contributed by atoms with Gasteiger partial charge in [0.25, 0.3) is 0 Å². The van der Waals surface area contributed by atoms with E-state index in [0.717, 1.165) is 32.6 Å². The first-order chi connectivity index (χ1) is 6.41. The van der Waals surface area contributed by atoms with Gasteiger partial charge < -0.3 is 4.74 Å². The Balaban J connectivity index is 2.42. The first kappa shape index (κ1) is 12.3. The first-order valence-electron chi connectivity index (χ1n) is 4.77. The van der Waals surface area contributed by atoms with E-state index in [2.05, 4.69) is 15.9 Å². The molecule has 1 nitrogen and oxygen atoms in total. The normalized spacial score (nSPS) is 31.5. The molecule has 0 aromatic heterocycles. The van der Waals surface area contributed by atoms with E-state index >= 15 is 0 Å². The van der Waals surface area contributed by atoms with Gasteiger partial charge in [-0.05, 0) is 19.8 Å². The monoisotopic (exact) mass is 274 g/mol. The van der Waals surface area contributed by atoms with Crippen molar-refractivity contribution in [1.29, 1.82) is 0 Å². The molecule has 0 bridgehead atoms. The summed E-state index contributed by atoms with van der Waals surface area (Å²) in [6.45, 7) is 1.06. The second-order valence-electron chi connectivity index (χ2n) is 3.66. The van der Waals surface area contributed by atoms with E-state index in [1.807, 2.05) is 0 Å². The third-order valence-corrected chi connectivity index (χ3v) is 3.51. The number of ether oxygens (including phenoxy) is 1. The predicted octanol–water partition coefficient (Wildman–Crippen LogP) is 3.66. The van der Waals surface area contributed by atoms with Gasteiger partial charge in [-0.25, -0.2) is 0 Å². The molecule has 14 heavy (non-hydrogen) atoms. The molecule has 0 aromatic rings. The molecular formula is C9H14BrF3O. The zero-order valence-electron chi connectivity index (χ0n) is 7.98. The van der Waals surface area contributed by atoms with Crippen molar-refractivity contribution in [2.24, 2.45) is 0 Å². The van der Waals surface area contributed by atoms with Crippen LogP contribution in [0, 0.1) is 0 Å². The molecule has 0 saturated heterocycles. The molecular weight excluding hydrogens is 261 g/mol. The van der Waals surface area contributed by atoms with E-state index in [-0.39, 0.29) is 10.9 Å². The van der Waals surface area contributed by atoms with Crippen LogP contribution in [-0.4, -0.2) is 23.2 Å². The summed E-state index contributed by atoms with van der Waals surface area (Å²) >= 11 is 3.36. The molecule has 1 rings (SSSR count). The number of rotatable bonds is 2. The van der Waals surface area contributed by atoms with Gasteiger partial charge in [-0.15, -0.1) is 0 Å². The Kier molecular flexibility index (Phi) is 4.25. The summed E-state index contributed by atoms with van der Waals surface area (Å²) < 4.78 is 41.6. The highest BCUT2D eigenvalue weighted by atomic mass is 79.9. The largest absolute Gasteiger partial charge is 0.414 e. The second kappa shape index (κ2) is 4.84. The van der Waals surface area contributed by atoms with Crippen LogP contribution < -0.4 is 0 Å². The third-order valence-electron chi connectivity index (χ3n) is 2.46. The lowest BCUT2D eigenvalue weighted by Gasteiger charge is -2.30.